The average Bonchev–Trinajstić information content (AvgIpc) is 2.65. The molecule has 0 aliphatic rings. The number of nitrogens with one attached hydrogen (secondary N) is 2. The normalized spacial score (nSPS) is 10.8. The first-order valence-electron chi connectivity index (χ1n) is 8.27. The second kappa shape index (κ2) is 7.39. The molecule has 0 radical (unpaired) electrons. The fourth-order valence-electron chi connectivity index (χ4n) is 2.74. The number of aromatic nitrogens is 3. The van der Waals surface area contributed by atoms with Gasteiger partial charge in [-0.2, -0.15) is 4.98 Å². The summed E-state index contributed by atoms with van der Waals surface area (Å²) in [4.78, 5) is 13.5. The minimum Gasteiger partial charge on any atom is -0.340 e. The first-order chi connectivity index (χ1) is 13.1. The molecule has 0 saturated carbocycles. The van der Waals surface area contributed by atoms with Gasteiger partial charge in [-0.05, 0) is 37.3 Å². The molecule has 0 aliphatic heterocycles. The highest BCUT2D eigenvalue weighted by Gasteiger charge is 2.07. The van der Waals surface area contributed by atoms with Crippen LogP contribution in [0.5, 0.6) is 0 Å². The van der Waals surface area contributed by atoms with Crippen molar-refractivity contribution in [2.75, 3.05) is 10.6 Å². The average molecular weight is 396 g/mol. The van der Waals surface area contributed by atoms with E-state index in [2.05, 4.69) is 25.6 Å². The van der Waals surface area contributed by atoms with E-state index < -0.39 is 0 Å². The summed E-state index contributed by atoms with van der Waals surface area (Å²) in [5.74, 6) is 1.13. The molecule has 0 saturated heterocycles. The topological polar surface area (TPSA) is 62.7 Å². The molecule has 7 heteroatoms. The van der Waals surface area contributed by atoms with E-state index in [9.17, 15) is 0 Å². The van der Waals surface area contributed by atoms with Crippen LogP contribution in [0.15, 0.2) is 60.8 Å². The summed E-state index contributed by atoms with van der Waals surface area (Å²) in [7, 11) is 0. The molecular weight excluding hydrogens is 381 g/mol. The lowest BCUT2D eigenvalue weighted by molar-refractivity contribution is 1.11. The van der Waals surface area contributed by atoms with Crippen molar-refractivity contribution in [3.05, 3.63) is 76.5 Å². The Balaban J connectivity index is 1.65. The molecule has 5 nitrogen and oxygen atoms in total. The third kappa shape index (κ3) is 3.94. The van der Waals surface area contributed by atoms with Crippen LogP contribution in [0.4, 0.5) is 23.1 Å². The lowest BCUT2D eigenvalue weighted by Crippen LogP contribution is -2.03. The maximum Gasteiger partial charge on any atom is 0.229 e. The van der Waals surface area contributed by atoms with Crippen molar-refractivity contribution in [3.8, 4) is 0 Å². The van der Waals surface area contributed by atoms with Crippen LogP contribution in [0.1, 0.15) is 5.69 Å². The van der Waals surface area contributed by atoms with E-state index in [1.54, 1.807) is 18.3 Å². The molecule has 2 aromatic heterocycles. The van der Waals surface area contributed by atoms with E-state index in [1.165, 1.54) is 0 Å². The molecule has 0 unspecified atom stereocenters. The summed E-state index contributed by atoms with van der Waals surface area (Å²) in [6, 6.07) is 17.1. The number of fused-ring (bicyclic) bond motifs is 1. The zero-order valence-electron chi connectivity index (χ0n) is 14.4. The summed E-state index contributed by atoms with van der Waals surface area (Å²) in [5, 5.41) is 8.52. The highest BCUT2D eigenvalue weighted by molar-refractivity contribution is 6.42. The fourth-order valence-corrected chi connectivity index (χ4v) is 3.03. The van der Waals surface area contributed by atoms with Gasteiger partial charge in [0.15, 0.2) is 0 Å². The van der Waals surface area contributed by atoms with Crippen molar-refractivity contribution in [3.63, 3.8) is 0 Å². The summed E-state index contributed by atoms with van der Waals surface area (Å²) in [6.45, 7) is 1.91. The molecule has 0 amide bonds. The number of pyridine rings is 1. The molecule has 0 atom stereocenters. The van der Waals surface area contributed by atoms with Gasteiger partial charge in [-0.3, -0.25) is 4.98 Å². The molecule has 4 aromatic rings. The van der Waals surface area contributed by atoms with Gasteiger partial charge in [0.2, 0.25) is 5.95 Å². The van der Waals surface area contributed by atoms with Crippen molar-refractivity contribution in [1.82, 2.24) is 15.0 Å². The van der Waals surface area contributed by atoms with Gasteiger partial charge in [-0.15, -0.1) is 0 Å². The molecule has 0 aliphatic carbocycles. The zero-order valence-corrected chi connectivity index (χ0v) is 15.9. The van der Waals surface area contributed by atoms with Crippen LogP contribution in [0.25, 0.3) is 10.9 Å². The van der Waals surface area contributed by atoms with Crippen LogP contribution < -0.4 is 10.6 Å². The van der Waals surface area contributed by atoms with Crippen LogP contribution >= 0.6 is 23.2 Å². The van der Waals surface area contributed by atoms with Crippen molar-refractivity contribution in [1.29, 1.82) is 0 Å². The number of nitrogens with zero attached hydrogens (tertiary/aromatic N) is 3. The Morgan fingerprint density at radius 3 is 2.56 bits per heavy atom. The summed E-state index contributed by atoms with van der Waals surface area (Å²) >= 11 is 12.1. The fraction of sp³-hybridized carbons (Fsp3) is 0.0500. The standard InChI is InChI=1S/C20H15Cl2N5/c1-12-10-18(25-14-7-8-15(21)16(22)11-14)27-20(24-12)26-17-6-2-4-13-5-3-9-23-19(13)17/h2-11H,1H3,(H2,24,25,26,27). The van der Waals surface area contributed by atoms with Gasteiger partial charge in [-0.25, -0.2) is 4.98 Å². The third-order valence-corrected chi connectivity index (χ3v) is 4.66. The molecule has 2 N–H and O–H groups in total. The van der Waals surface area contributed by atoms with Crippen LogP contribution in [0, 0.1) is 6.92 Å². The maximum atomic E-state index is 6.08. The highest BCUT2D eigenvalue weighted by Crippen LogP contribution is 2.28. The smallest absolute Gasteiger partial charge is 0.229 e. The number of hydrogen-bond acceptors (Lipinski definition) is 5. The first kappa shape index (κ1) is 17.5. The Morgan fingerprint density at radius 2 is 1.70 bits per heavy atom. The zero-order chi connectivity index (χ0) is 18.8. The minimum absolute atomic E-state index is 0.479. The SMILES string of the molecule is Cc1cc(Nc2ccc(Cl)c(Cl)c2)nc(Nc2cccc3cccnc23)n1. The Morgan fingerprint density at radius 1 is 0.852 bits per heavy atom. The summed E-state index contributed by atoms with van der Waals surface area (Å²) < 4.78 is 0. The number of anilines is 4. The lowest BCUT2D eigenvalue weighted by Gasteiger charge is -2.11. The second-order valence-electron chi connectivity index (χ2n) is 5.98. The van der Waals surface area contributed by atoms with Crippen LogP contribution in [0.2, 0.25) is 10.0 Å². The Kier molecular flexibility index (Phi) is 4.79. The quantitative estimate of drug-likeness (QED) is 0.435. The van der Waals surface area contributed by atoms with E-state index in [1.807, 2.05) is 49.4 Å². The van der Waals surface area contributed by atoms with E-state index in [0.717, 1.165) is 28.0 Å². The van der Waals surface area contributed by atoms with Gasteiger partial charge < -0.3 is 10.6 Å². The van der Waals surface area contributed by atoms with Crippen molar-refractivity contribution >= 4 is 57.2 Å². The number of rotatable bonds is 4. The van der Waals surface area contributed by atoms with E-state index in [4.69, 9.17) is 23.2 Å². The minimum atomic E-state index is 0.479. The molecule has 2 heterocycles. The van der Waals surface area contributed by atoms with Crippen LogP contribution in [-0.4, -0.2) is 15.0 Å². The highest BCUT2D eigenvalue weighted by atomic mass is 35.5. The number of para-hydroxylation sites is 1. The number of benzene rings is 2. The molecule has 0 fully saturated rings. The Hall–Kier alpha value is -2.89. The molecule has 2 aromatic carbocycles. The largest absolute Gasteiger partial charge is 0.340 e. The van der Waals surface area contributed by atoms with E-state index >= 15 is 0 Å². The first-order valence-corrected chi connectivity index (χ1v) is 9.02. The van der Waals surface area contributed by atoms with Gasteiger partial charge in [0.1, 0.15) is 5.82 Å². The molecule has 4 rings (SSSR count). The predicted molar refractivity (Wildman–Crippen MR) is 112 cm³/mol. The monoisotopic (exact) mass is 395 g/mol. The second-order valence-corrected chi connectivity index (χ2v) is 6.79. The lowest BCUT2D eigenvalue weighted by atomic mass is 10.2. The predicted octanol–water partition coefficient (Wildman–Crippen LogP) is 6.13. The summed E-state index contributed by atoms with van der Waals surface area (Å²) in [6.07, 6.45) is 1.77. The third-order valence-electron chi connectivity index (χ3n) is 3.93. The Bertz CT molecular complexity index is 1130. The van der Waals surface area contributed by atoms with Crippen molar-refractivity contribution < 1.29 is 0 Å². The van der Waals surface area contributed by atoms with Gasteiger partial charge in [0.25, 0.3) is 0 Å². The molecule has 0 spiro atoms. The van der Waals surface area contributed by atoms with Gasteiger partial charge in [-0.1, -0.05) is 41.4 Å². The van der Waals surface area contributed by atoms with Crippen LogP contribution in [0.3, 0.4) is 0 Å². The van der Waals surface area contributed by atoms with Gasteiger partial charge >= 0.3 is 0 Å². The number of halogens is 2. The molecular formula is C20H15Cl2N5. The van der Waals surface area contributed by atoms with Crippen molar-refractivity contribution in [2.24, 2.45) is 0 Å². The number of hydrogen-bond donors (Lipinski definition) is 2. The van der Waals surface area contributed by atoms with E-state index in [0.29, 0.717) is 21.8 Å². The van der Waals surface area contributed by atoms with Gasteiger partial charge in [0, 0.05) is 29.0 Å². The maximum absolute atomic E-state index is 6.08. The summed E-state index contributed by atoms with van der Waals surface area (Å²) in [5.41, 5.74) is 3.33. The number of aryl methyl sites for hydroxylation is 1. The van der Waals surface area contributed by atoms with Gasteiger partial charge in [0.05, 0.1) is 21.2 Å². The Labute approximate surface area is 166 Å². The molecule has 134 valence electrons. The van der Waals surface area contributed by atoms with Crippen LogP contribution in [-0.2, 0) is 0 Å². The molecule has 27 heavy (non-hydrogen) atoms. The van der Waals surface area contributed by atoms with Crippen molar-refractivity contribution in [2.45, 2.75) is 6.92 Å². The molecule has 0 bridgehead atoms. The van der Waals surface area contributed by atoms with E-state index in [-0.39, 0.29) is 0 Å².